The topological polar surface area (TPSA) is 129 Å². The lowest BCUT2D eigenvalue weighted by atomic mass is 10.1. The van der Waals surface area contributed by atoms with E-state index in [1.165, 1.54) is 11.2 Å². The lowest BCUT2D eigenvalue weighted by Crippen LogP contribution is -2.21. The maximum absolute atomic E-state index is 12.1. The Morgan fingerprint density at radius 2 is 1.85 bits per heavy atom. The number of hydrogen-bond acceptors (Lipinski definition) is 9. The highest BCUT2D eigenvalue weighted by Crippen LogP contribution is 2.29. The average molecular weight is 445 g/mol. The Balaban J connectivity index is 1.62. The number of nitrogens with zero attached hydrogens (tertiary/aromatic N) is 5. The van der Waals surface area contributed by atoms with E-state index in [1.54, 1.807) is 44.6 Å². The predicted molar refractivity (Wildman–Crippen MR) is 123 cm³/mol. The number of aliphatic hydroxyl groups is 1. The molecule has 2 heterocycles. The van der Waals surface area contributed by atoms with E-state index in [4.69, 9.17) is 4.52 Å². The lowest BCUT2D eigenvalue weighted by molar-refractivity contribution is 0.0827. The van der Waals surface area contributed by atoms with Gasteiger partial charge in [-0.05, 0) is 29.8 Å². The molecule has 0 aliphatic carbocycles. The summed E-state index contributed by atoms with van der Waals surface area (Å²) in [6.45, 7) is -0.151. The third kappa shape index (κ3) is 5.13. The van der Waals surface area contributed by atoms with Gasteiger partial charge < -0.3 is 25.2 Å². The number of amides is 1. The fraction of sp³-hybridized carbons (Fsp3) is 0.174. The summed E-state index contributed by atoms with van der Waals surface area (Å²) in [7, 11) is 3.41. The number of hydrogen-bond donors (Lipinski definition) is 3. The number of anilines is 3. The second-order valence-corrected chi connectivity index (χ2v) is 7.39. The number of nitrogens with one attached hydrogen (secondary N) is 2. The van der Waals surface area contributed by atoms with Crippen molar-refractivity contribution in [2.45, 2.75) is 6.04 Å². The Bertz CT molecular complexity index is 1200. The normalized spacial score (nSPS) is 11.6. The van der Waals surface area contributed by atoms with E-state index >= 15 is 0 Å². The molecule has 2 aromatic heterocycles. The first-order valence-corrected chi connectivity index (χ1v) is 10.2. The Hall–Kier alpha value is -4.31. The van der Waals surface area contributed by atoms with Gasteiger partial charge in [0.1, 0.15) is 11.4 Å². The molecule has 0 fully saturated rings. The zero-order chi connectivity index (χ0) is 23.2. The van der Waals surface area contributed by atoms with Crippen LogP contribution in [0.4, 0.5) is 17.5 Å². The van der Waals surface area contributed by atoms with Gasteiger partial charge in [0.25, 0.3) is 11.8 Å². The maximum Gasteiger partial charge on any atom is 0.262 e. The van der Waals surface area contributed by atoms with Gasteiger partial charge >= 0.3 is 0 Å². The Morgan fingerprint density at radius 1 is 1.09 bits per heavy atom. The van der Waals surface area contributed by atoms with Crippen LogP contribution in [0.5, 0.6) is 0 Å². The van der Waals surface area contributed by atoms with E-state index in [-0.39, 0.29) is 18.4 Å². The maximum atomic E-state index is 12.1. The van der Waals surface area contributed by atoms with Crippen LogP contribution < -0.4 is 10.6 Å². The van der Waals surface area contributed by atoms with Gasteiger partial charge in [0.2, 0.25) is 5.95 Å². The van der Waals surface area contributed by atoms with Gasteiger partial charge in [0, 0.05) is 31.5 Å². The summed E-state index contributed by atoms with van der Waals surface area (Å²) >= 11 is 0. The predicted octanol–water partition coefficient (Wildman–Crippen LogP) is 3.12. The summed E-state index contributed by atoms with van der Waals surface area (Å²) < 4.78 is 5.19. The molecule has 0 unspecified atom stereocenters. The summed E-state index contributed by atoms with van der Waals surface area (Å²) in [6, 6.07) is 16.1. The minimum atomic E-state index is -0.410. The van der Waals surface area contributed by atoms with Crippen LogP contribution in [0.2, 0.25) is 0 Å². The van der Waals surface area contributed by atoms with E-state index in [1.807, 2.05) is 30.3 Å². The minimum Gasteiger partial charge on any atom is -0.394 e. The highest BCUT2D eigenvalue weighted by atomic mass is 16.5. The van der Waals surface area contributed by atoms with Gasteiger partial charge in [-0.2, -0.15) is 9.97 Å². The quantitative estimate of drug-likeness (QED) is 0.374. The van der Waals surface area contributed by atoms with Crippen LogP contribution >= 0.6 is 0 Å². The highest BCUT2D eigenvalue weighted by molar-refractivity contribution is 5.94. The first-order valence-electron chi connectivity index (χ1n) is 10.2. The van der Waals surface area contributed by atoms with Crippen molar-refractivity contribution >= 4 is 23.4 Å². The molecule has 0 radical (unpaired) electrons. The molecule has 10 nitrogen and oxygen atoms in total. The molecule has 0 aliphatic rings. The van der Waals surface area contributed by atoms with E-state index in [9.17, 15) is 9.90 Å². The first kappa shape index (κ1) is 21.9. The molecule has 1 amide bonds. The average Bonchev–Trinajstić information content (AvgIpc) is 3.38. The standard InChI is InChI=1S/C23H23N7O3/c1-30(2)22(32)16-8-10-17(11-9-16)27-23-24-12-18(21-25-14-26-33-21)20(29-23)28-19(13-31)15-6-4-3-5-7-15/h3-12,14,19,31H,13H2,1-2H3,(H2,24,27,28,29)/t19-/m1/s1. The molecule has 0 spiro atoms. The van der Waals surface area contributed by atoms with Crippen molar-refractivity contribution in [1.29, 1.82) is 0 Å². The Morgan fingerprint density at radius 3 is 2.48 bits per heavy atom. The molecular weight excluding hydrogens is 422 g/mol. The van der Waals surface area contributed by atoms with Crippen molar-refractivity contribution in [1.82, 2.24) is 25.0 Å². The second kappa shape index (κ2) is 9.88. The largest absolute Gasteiger partial charge is 0.394 e. The third-order valence-corrected chi connectivity index (χ3v) is 4.87. The molecule has 0 aliphatic heterocycles. The van der Waals surface area contributed by atoms with Gasteiger partial charge in [-0.3, -0.25) is 4.79 Å². The zero-order valence-corrected chi connectivity index (χ0v) is 18.1. The molecule has 4 rings (SSSR count). The molecule has 0 saturated heterocycles. The zero-order valence-electron chi connectivity index (χ0n) is 18.1. The molecule has 2 aromatic carbocycles. The van der Waals surface area contributed by atoms with E-state index < -0.39 is 6.04 Å². The number of benzene rings is 2. The second-order valence-electron chi connectivity index (χ2n) is 7.39. The molecule has 0 bridgehead atoms. The van der Waals surface area contributed by atoms with Crippen LogP contribution in [-0.2, 0) is 0 Å². The van der Waals surface area contributed by atoms with Crippen LogP contribution in [0.25, 0.3) is 11.5 Å². The van der Waals surface area contributed by atoms with Crippen molar-refractivity contribution in [2.75, 3.05) is 31.3 Å². The van der Waals surface area contributed by atoms with Crippen molar-refractivity contribution in [2.24, 2.45) is 0 Å². The Kier molecular flexibility index (Phi) is 6.56. The number of carbonyl (C=O) groups is 1. The molecule has 4 aromatic rings. The van der Waals surface area contributed by atoms with Gasteiger partial charge in [-0.1, -0.05) is 35.5 Å². The van der Waals surface area contributed by atoms with Gasteiger partial charge in [0.05, 0.1) is 12.6 Å². The highest BCUT2D eigenvalue weighted by Gasteiger charge is 2.18. The van der Waals surface area contributed by atoms with Crippen molar-refractivity contribution < 1.29 is 14.4 Å². The van der Waals surface area contributed by atoms with E-state index in [0.717, 1.165) is 5.56 Å². The molecule has 3 N–H and O–H groups in total. The van der Waals surface area contributed by atoms with E-state index in [0.29, 0.717) is 28.6 Å². The van der Waals surface area contributed by atoms with Crippen LogP contribution in [0.3, 0.4) is 0 Å². The molecule has 33 heavy (non-hydrogen) atoms. The number of aliphatic hydroxyl groups excluding tert-OH is 1. The van der Waals surface area contributed by atoms with Crippen molar-refractivity contribution in [3.05, 3.63) is 78.2 Å². The summed E-state index contributed by atoms with van der Waals surface area (Å²) in [5.74, 6) is 0.903. The SMILES string of the molecule is CN(C)C(=O)c1ccc(Nc2ncc(-c3ncno3)c(N[C@H](CO)c3ccccc3)n2)cc1. The summed E-state index contributed by atoms with van der Waals surface area (Å²) in [4.78, 5) is 26.6. The fourth-order valence-corrected chi connectivity index (χ4v) is 3.17. The van der Waals surface area contributed by atoms with Crippen molar-refractivity contribution in [3.63, 3.8) is 0 Å². The molecule has 0 saturated carbocycles. The van der Waals surface area contributed by atoms with Crippen LogP contribution in [0.1, 0.15) is 22.0 Å². The molecule has 168 valence electrons. The number of aromatic nitrogens is 4. The van der Waals surface area contributed by atoms with Crippen molar-refractivity contribution in [3.8, 4) is 11.5 Å². The first-order chi connectivity index (χ1) is 16.0. The minimum absolute atomic E-state index is 0.0795. The molecule has 1 atom stereocenters. The Labute approximate surface area is 190 Å². The summed E-state index contributed by atoms with van der Waals surface area (Å²) in [5, 5.41) is 20.0. The van der Waals surface area contributed by atoms with Crippen LogP contribution in [0.15, 0.2) is 71.6 Å². The summed E-state index contributed by atoms with van der Waals surface area (Å²) in [6.07, 6.45) is 2.86. The van der Waals surface area contributed by atoms with E-state index in [2.05, 4.69) is 30.7 Å². The van der Waals surface area contributed by atoms with Gasteiger partial charge in [-0.15, -0.1) is 0 Å². The lowest BCUT2D eigenvalue weighted by Gasteiger charge is -2.19. The monoisotopic (exact) mass is 445 g/mol. The van der Waals surface area contributed by atoms with Gasteiger partial charge in [0.15, 0.2) is 6.33 Å². The van der Waals surface area contributed by atoms with Gasteiger partial charge in [-0.25, -0.2) is 4.98 Å². The molecule has 10 heteroatoms. The number of rotatable bonds is 8. The smallest absolute Gasteiger partial charge is 0.262 e. The van der Waals surface area contributed by atoms with Crippen LogP contribution in [0, 0.1) is 0 Å². The third-order valence-electron chi connectivity index (χ3n) is 4.87. The summed E-state index contributed by atoms with van der Waals surface area (Å²) in [5.41, 5.74) is 2.68. The number of carbonyl (C=O) groups excluding carboxylic acids is 1. The van der Waals surface area contributed by atoms with Crippen LogP contribution in [-0.4, -0.2) is 56.7 Å². The fourth-order valence-electron chi connectivity index (χ4n) is 3.17. The molecular formula is C23H23N7O3.